The van der Waals surface area contributed by atoms with Gasteiger partial charge in [-0.2, -0.15) is 5.10 Å². The van der Waals surface area contributed by atoms with Crippen LogP contribution in [0.3, 0.4) is 0 Å². The van der Waals surface area contributed by atoms with Gasteiger partial charge in [0.05, 0.1) is 11.9 Å². The molecule has 0 aliphatic heterocycles. The van der Waals surface area contributed by atoms with E-state index in [9.17, 15) is 4.79 Å². The number of aryl methyl sites for hydroxylation is 1. The number of amides is 1. The van der Waals surface area contributed by atoms with Crippen molar-refractivity contribution in [1.29, 1.82) is 0 Å². The summed E-state index contributed by atoms with van der Waals surface area (Å²) in [7, 11) is 1.68. The maximum atomic E-state index is 11.9. The lowest BCUT2D eigenvalue weighted by molar-refractivity contribution is 0.0945. The van der Waals surface area contributed by atoms with Crippen LogP contribution >= 0.6 is 0 Å². The molecule has 0 spiro atoms. The number of nitrogens with zero attached hydrogens (tertiary/aromatic N) is 3. The molecule has 0 aromatic carbocycles. The largest absolute Gasteiger partial charge is 0.396 e. The Labute approximate surface area is 105 Å². The molecule has 0 saturated carbocycles. The summed E-state index contributed by atoms with van der Waals surface area (Å²) >= 11 is 0. The average Bonchev–Trinajstić information content (AvgIpc) is 2.70. The number of hydrogen-bond acceptors (Lipinski definition) is 4. The van der Waals surface area contributed by atoms with E-state index in [0.29, 0.717) is 24.3 Å². The van der Waals surface area contributed by atoms with E-state index in [1.807, 2.05) is 18.2 Å². The molecule has 3 N–H and O–H groups in total. The Morgan fingerprint density at radius 2 is 2.33 bits per heavy atom. The average molecular weight is 245 g/mol. The fourth-order valence-electron chi connectivity index (χ4n) is 1.67. The third-order valence-corrected chi connectivity index (χ3v) is 2.57. The van der Waals surface area contributed by atoms with Crippen LogP contribution in [0.2, 0.25) is 0 Å². The normalized spacial score (nSPS) is 10.3. The first-order valence-electron chi connectivity index (χ1n) is 5.64. The van der Waals surface area contributed by atoms with E-state index >= 15 is 0 Å². The van der Waals surface area contributed by atoms with Gasteiger partial charge in [-0.15, -0.1) is 0 Å². The Hall–Kier alpha value is -2.37. The van der Waals surface area contributed by atoms with Crippen molar-refractivity contribution in [2.75, 3.05) is 12.3 Å². The van der Waals surface area contributed by atoms with E-state index in [1.54, 1.807) is 13.2 Å². The molecule has 18 heavy (non-hydrogen) atoms. The highest BCUT2D eigenvalue weighted by Crippen LogP contribution is 2.08. The van der Waals surface area contributed by atoms with Crippen molar-refractivity contribution in [1.82, 2.24) is 20.1 Å². The van der Waals surface area contributed by atoms with Gasteiger partial charge in [-0.3, -0.25) is 14.5 Å². The van der Waals surface area contributed by atoms with E-state index in [4.69, 9.17) is 5.73 Å². The molecule has 2 aromatic rings. The number of rotatable bonds is 4. The lowest BCUT2D eigenvalue weighted by Gasteiger charge is -2.06. The summed E-state index contributed by atoms with van der Waals surface area (Å²) in [5.74, 6) is -0.219. The lowest BCUT2D eigenvalue weighted by atomic mass is 10.2. The van der Waals surface area contributed by atoms with Crippen LogP contribution in [-0.2, 0) is 13.5 Å². The number of nitrogens with two attached hydrogens (primary N) is 1. The minimum absolute atomic E-state index is 0.219. The van der Waals surface area contributed by atoms with E-state index in [1.165, 1.54) is 10.9 Å². The van der Waals surface area contributed by atoms with Gasteiger partial charge in [-0.1, -0.05) is 6.07 Å². The van der Waals surface area contributed by atoms with Crippen molar-refractivity contribution in [3.8, 4) is 0 Å². The smallest absolute Gasteiger partial charge is 0.271 e. The number of anilines is 1. The molecule has 2 rings (SSSR count). The molecular formula is C12H15N5O. The highest BCUT2D eigenvalue weighted by atomic mass is 16.2. The third kappa shape index (κ3) is 2.65. The topological polar surface area (TPSA) is 85.8 Å². The second-order valence-electron chi connectivity index (χ2n) is 3.90. The van der Waals surface area contributed by atoms with Crippen molar-refractivity contribution in [3.05, 3.63) is 42.0 Å². The van der Waals surface area contributed by atoms with Crippen LogP contribution < -0.4 is 11.1 Å². The first-order chi connectivity index (χ1) is 8.68. The predicted octanol–water partition coefficient (Wildman–Crippen LogP) is 0.370. The second-order valence-corrected chi connectivity index (χ2v) is 3.90. The molecule has 0 fully saturated rings. The van der Waals surface area contributed by atoms with Gasteiger partial charge in [0.25, 0.3) is 5.91 Å². The first kappa shape index (κ1) is 12.1. The monoisotopic (exact) mass is 245 g/mol. The number of aromatic nitrogens is 3. The zero-order chi connectivity index (χ0) is 13.0. The van der Waals surface area contributed by atoms with Crippen molar-refractivity contribution >= 4 is 11.6 Å². The van der Waals surface area contributed by atoms with Gasteiger partial charge in [-0.05, 0) is 12.1 Å². The summed E-state index contributed by atoms with van der Waals surface area (Å²) in [5, 5.41) is 6.72. The Morgan fingerprint density at radius 1 is 1.50 bits per heavy atom. The summed E-state index contributed by atoms with van der Waals surface area (Å²) in [4.78, 5) is 16.0. The minimum Gasteiger partial charge on any atom is -0.396 e. The number of nitrogens with one attached hydrogen (secondary N) is 1. The van der Waals surface area contributed by atoms with E-state index in [2.05, 4.69) is 15.4 Å². The fourth-order valence-corrected chi connectivity index (χ4v) is 1.67. The van der Waals surface area contributed by atoms with Gasteiger partial charge in [0, 0.05) is 31.9 Å². The molecule has 2 aromatic heterocycles. The summed E-state index contributed by atoms with van der Waals surface area (Å²) in [6, 6.07) is 5.70. The molecule has 0 aliphatic rings. The SMILES string of the molecule is Cn1ncc(N)c1C(=O)NCCc1ccccn1. The zero-order valence-electron chi connectivity index (χ0n) is 10.1. The number of hydrogen-bond donors (Lipinski definition) is 2. The van der Waals surface area contributed by atoms with Crippen LogP contribution in [0.1, 0.15) is 16.2 Å². The van der Waals surface area contributed by atoms with Crippen LogP contribution in [0.25, 0.3) is 0 Å². The Balaban J connectivity index is 1.90. The number of nitrogen functional groups attached to an aromatic ring is 1. The molecule has 6 heteroatoms. The Bertz CT molecular complexity index is 515. The number of carbonyl (C=O) groups excluding carboxylic acids is 1. The van der Waals surface area contributed by atoms with Gasteiger partial charge >= 0.3 is 0 Å². The Kier molecular flexibility index (Phi) is 3.57. The summed E-state index contributed by atoms with van der Waals surface area (Å²) in [6.45, 7) is 0.514. The van der Waals surface area contributed by atoms with Crippen LogP contribution in [-0.4, -0.2) is 27.2 Å². The fraction of sp³-hybridized carbons (Fsp3) is 0.250. The molecule has 2 heterocycles. The summed E-state index contributed by atoms with van der Waals surface area (Å²) in [5.41, 5.74) is 7.38. The molecule has 1 amide bonds. The standard InChI is InChI=1S/C12H15N5O/c1-17-11(10(13)8-16-17)12(18)15-7-5-9-4-2-3-6-14-9/h2-4,6,8H,5,7,13H2,1H3,(H,15,18). The predicted molar refractivity (Wildman–Crippen MR) is 67.9 cm³/mol. The zero-order valence-corrected chi connectivity index (χ0v) is 10.1. The maximum absolute atomic E-state index is 11.9. The van der Waals surface area contributed by atoms with Crippen molar-refractivity contribution in [3.63, 3.8) is 0 Å². The van der Waals surface area contributed by atoms with Crippen molar-refractivity contribution in [2.45, 2.75) is 6.42 Å². The van der Waals surface area contributed by atoms with Crippen LogP contribution in [0.15, 0.2) is 30.6 Å². The molecule has 0 radical (unpaired) electrons. The van der Waals surface area contributed by atoms with E-state index in [-0.39, 0.29) is 5.91 Å². The number of pyridine rings is 1. The Morgan fingerprint density at radius 3 is 2.94 bits per heavy atom. The van der Waals surface area contributed by atoms with Crippen LogP contribution in [0, 0.1) is 0 Å². The molecular weight excluding hydrogens is 230 g/mol. The van der Waals surface area contributed by atoms with Crippen LogP contribution in [0.4, 0.5) is 5.69 Å². The van der Waals surface area contributed by atoms with Crippen molar-refractivity contribution < 1.29 is 4.79 Å². The number of carbonyl (C=O) groups is 1. The van der Waals surface area contributed by atoms with Gasteiger partial charge < -0.3 is 11.1 Å². The summed E-state index contributed by atoms with van der Waals surface area (Å²) < 4.78 is 1.46. The highest BCUT2D eigenvalue weighted by Gasteiger charge is 2.13. The third-order valence-electron chi connectivity index (χ3n) is 2.57. The summed E-state index contributed by atoms with van der Waals surface area (Å²) in [6.07, 6.45) is 3.88. The van der Waals surface area contributed by atoms with E-state index < -0.39 is 0 Å². The maximum Gasteiger partial charge on any atom is 0.271 e. The molecule has 6 nitrogen and oxygen atoms in total. The van der Waals surface area contributed by atoms with Gasteiger partial charge in [0.2, 0.25) is 0 Å². The molecule has 0 bridgehead atoms. The van der Waals surface area contributed by atoms with Gasteiger partial charge in [0.15, 0.2) is 0 Å². The van der Waals surface area contributed by atoms with Crippen LogP contribution in [0.5, 0.6) is 0 Å². The molecule has 0 aliphatic carbocycles. The minimum atomic E-state index is -0.219. The first-order valence-corrected chi connectivity index (χ1v) is 5.64. The molecule has 0 saturated heterocycles. The highest BCUT2D eigenvalue weighted by molar-refractivity contribution is 5.97. The second kappa shape index (κ2) is 5.31. The van der Waals surface area contributed by atoms with Gasteiger partial charge in [-0.25, -0.2) is 0 Å². The molecule has 0 atom stereocenters. The van der Waals surface area contributed by atoms with Crippen molar-refractivity contribution in [2.24, 2.45) is 7.05 Å². The molecule has 0 unspecified atom stereocenters. The molecule has 94 valence electrons. The van der Waals surface area contributed by atoms with E-state index in [0.717, 1.165) is 5.69 Å². The van der Waals surface area contributed by atoms with Gasteiger partial charge in [0.1, 0.15) is 5.69 Å². The lowest BCUT2D eigenvalue weighted by Crippen LogP contribution is -2.28. The quantitative estimate of drug-likeness (QED) is 0.814.